The minimum atomic E-state index is -0.590. The van der Waals surface area contributed by atoms with E-state index in [-0.39, 0.29) is 17.3 Å². The second-order valence-electron chi connectivity index (χ2n) is 6.86. The van der Waals surface area contributed by atoms with E-state index >= 15 is 0 Å². The summed E-state index contributed by atoms with van der Waals surface area (Å²) >= 11 is 0. The molecule has 1 N–H and O–H groups in total. The van der Waals surface area contributed by atoms with Crippen LogP contribution in [-0.4, -0.2) is 44.9 Å². The van der Waals surface area contributed by atoms with Crippen molar-refractivity contribution in [2.24, 2.45) is 5.10 Å². The lowest BCUT2D eigenvalue weighted by atomic mass is 10.1. The molecule has 0 bridgehead atoms. The van der Waals surface area contributed by atoms with E-state index in [1.807, 2.05) is 28.8 Å². The highest BCUT2D eigenvalue weighted by atomic mass is 16.6. The lowest BCUT2D eigenvalue weighted by Gasteiger charge is -2.26. The SMILES string of the molecule is N=c1n(CCN2CCCCC2)c2ccccc2n1/N=C/c1ccc([N+](=O)[O-])o1. The summed E-state index contributed by atoms with van der Waals surface area (Å²) in [6, 6.07) is 10.5. The smallest absolute Gasteiger partial charge is 0.400 e. The van der Waals surface area contributed by atoms with Crippen molar-refractivity contribution in [1.29, 1.82) is 5.41 Å². The zero-order chi connectivity index (χ0) is 19.5. The van der Waals surface area contributed by atoms with Crippen LogP contribution in [0, 0.1) is 15.5 Å². The number of para-hydroxylation sites is 2. The fourth-order valence-electron chi connectivity index (χ4n) is 3.61. The molecule has 146 valence electrons. The van der Waals surface area contributed by atoms with Crippen LogP contribution in [0.25, 0.3) is 11.0 Å². The van der Waals surface area contributed by atoms with Gasteiger partial charge in [0.05, 0.1) is 23.3 Å². The third-order valence-electron chi connectivity index (χ3n) is 5.04. The second-order valence-corrected chi connectivity index (χ2v) is 6.86. The summed E-state index contributed by atoms with van der Waals surface area (Å²) in [6.07, 6.45) is 5.16. The molecule has 1 aromatic carbocycles. The largest absolute Gasteiger partial charge is 0.433 e. The maximum absolute atomic E-state index is 10.7. The van der Waals surface area contributed by atoms with E-state index in [0.29, 0.717) is 6.54 Å². The van der Waals surface area contributed by atoms with Crippen LogP contribution in [0.4, 0.5) is 5.88 Å². The summed E-state index contributed by atoms with van der Waals surface area (Å²) in [6.45, 7) is 3.84. The molecule has 0 aliphatic carbocycles. The summed E-state index contributed by atoms with van der Waals surface area (Å²) < 4.78 is 8.59. The first-order valence-corrected chi connectivity index (χ1v) is 9.39. The van der Waals surface area contributed by atoms with Crippen molar-refractivity contribution < 1.29 is 9.34 Å². The molecule has 0 atom stereocenters. The van der Waals surface area contributed by atoms with Crippen LogP contribution in [0.15, 0.2) is 45.9 Å². The molecule has 0 radical (unpaired) electrons. The Labute approximate surface area is 161 Å². The van der Waals surface area contributed by atoms with Crippen molar-refractivity contribution >= 4 is 23.1 Å². The van der Waals surface area contributed by atoms with Crippen LogP contribution in [0.3, 0.4) is 0 Å². The number of nitrogens with zero attached hydrogens (tertiary/aromatic N) is 5. The Morgan fingerprint density at radius 1 is 1.11 bits per heavy atom. The van der Waals surface area contributed by atoms with E-state index in [2.05, 4.69) is 10.0 Å². The lowest BCUT2D eigenvalue weighted by molar-refractivity contribution is -0.402. The molecule has 0 unspecified atom stereocenters. The summed E-state index contributed by atoms with van der Waals surface area (Å²) in [5.41, 5.74) is 2.01. The minimum Gasteiger partial charge on any atom is -0.400 e. The van der Waals surface area contributed by atoms with E-state index in [9.17, 15) is 10.1 Å². The van der Waals surface area contributed by atoms with Gasteiger partial charge >= 0.3 is 5.88 Å². The van der Waals surface area contributed by atoms with Crippen LogP contribution in [0.2, 0.25) is 0 Å². The Balaban J connectivity index is 1.62. The van der Waals surface area contributed by atoms with Crippen molar-refractivity contribution in [3.05, 3.63) is 57.9 Å². The number of likely N-dealkylation sites (tertiary alicyclic amines) is 1. The molecule has 0 saturated carbocycles. The lowest BCUT2D eigenvalue weighted by Crippen LogP contribution is -2.34. The molecule has 3 heterocycles. The Morgan fingerprint density at radius 3 is 2.57 bits per heavy atom. The molecule has 28 heavy (non-hydrogen) atoms. The van der Waals surface area contributed by atoms with Gasteiger partial charge in [-0.3, -0.25) is 15.5 Å². The molecule has 9 nitrogen and oxygen atoms in total. The van der Waals surface area contributed by atoms with Crippen molar-refractivity contribution in [3.63, 3.8) is 0 Å². The number of hydrogen-bond donors (Lipinski definition) is 1. The summed E-state index contributed by atoms with van der Waals surface area (Å²) in [5, 5.41) is 23.7. The van der Waals surface area contributed by atoms with Crippen molar-refractivity contribution in [1.82, 2.24) is 14.1 Å². The van der Waals surface area contributed by atoms with E-state index in [1.165, 1.54) is 42.3 Å². The molecule has 2 aromatic heterocycles. The molecule has 1 fully saturated rings. The molecule has 3 aromatic rings. The van der Waals surface area contributed by atoms with Crippen LogP contribution >= 0.6 is 0 Å². The fraction of sp³-hybridized carbons (Fsp3) is 0.368. The van der Waals surface area contributed by atoms with Crippen molar-refractivity contribution in [2.45, 2.75) is 25.8 Å². The summed E-state index contributed by atoms with van der Waals surface area (Å²) in [7, 11) is 0. The van der Waals surface area contributed by atoms with Crippen LogP contribution in [-0.2, 0) is 6.54 Å². The number of furan rings is 1. The Morgan fingerprint density at radius 2 is 1.86 bits per heavy atom. The second kappa shape index (κ2) is 7.81. The van der Waals surface area contributed by atoms with Gasteiger partial charge < -0.3 is 13.9 Å². The van der Waals surface area contributed by atoms with Gasteiger partial charge in [0.15, 0.2) is 5.76 Å². The van der Waals surface area contributed by atoms with Gasteiger partial charge in [0.1, 0.15) is 4.92 Å². The zero-order valence-corrected chi connectivity index (χ0v) is 15.5. The maximum Gasteiger partial charge on any atom is 0.433 e. The van der Waals surface area contributed by atoms with E-state index in [4.69, 9.17) is 9.83 Å². The van der Waals surface area contributed by atoms with E-state index in [0.717, 1.165) is 30.7 Å². The van der Waals surface area contributed by atoms with Gasteiger partial charge in [-0.2, -0.15) is 9.78 Å². The van der Waals surface area contributed by atoms with Gasteiger partial charge in [0.25, 0.3) is 0 Å². The van der Waals surface area contributed by atoms with Gasteiger partial charge in [-0.25, -0.2) is 0 Å². The first kappa shape index (κ1) is 18.2. The van der Waals surface area contributed by atoms with Crippen LogP contribution < -0.4 is 5.62 Å². The van der Waals surface area contributed by atoms with Gasteiger partial charge in [0, 0.05) is 13.1 Å². The molecule has 1 saturated heterocycles. The summed E-state index contributed by atoms with van der Waals surface area (Å²) in [5.74, 6) is -0.0646. The number of rotatable bonds is 6. The molecule has 1 aliphatic heterocycles. The molecule has 1 aliphatic rings. The van der Waals surface area contributed by atoms with Gasteiger partial charge in [0.2, 0.25) is 5.62 Å². The Bertz CT molecular complexity index is 1070. The van der Waals surface area contributed by atoms with Crippen molar-refractivity contribution in [3.8, 4) is 0 Å². The van der Waals surface area contributed by atoms with Crippen LogP contribution in [0.1, 0.15) is 25.0 Å². The quantitative estimate of drug-likeness (QED) is 0.402. The molecule has 4 rings (SSSR count). The van der Waals surface area contributed by atoms with Crippen molar-refractivity contribution in [2.75, 3.05) is 19.6 Å². The zero-order valence-electron chi connectivity index (χ0n) is 15.5. The molecular formula is C19H22N6O3. The number of nitro groups is 1. The first-order valence-electron chi connectivity index (χ1n) is 9.39. The standard InChI is InChI=1S/C19H22N6O3/c20-19-23(13-12-22-10-4-1-5-11-22)16-6-2-3-7-17(16)24(19)21-14-15-8-9-18(28-15)25(26)27/h2-3,6-9,14,20H,1,4-5,10-13H2/b20-19?,21-14+. The number of imidazole rings is 1. The highest BCUT2D eigenvalue weighted by Crippen LogP contribution is 2.16. The monoisotopic (exact) mass is 382 g/mol. The molecular weight excluding hydrogens is 360 g/mol. The first-order chi connectivity index (χ1) is 13.6. The van der Waals surface area contributed by atoms with E-state index in [1.54, 1.807) is 0 Å². The average molecular weight is 382 g/mol. The van der Waals surface area contributed by atoms with Gasteiger partial charge in [-0.05, 0) is 44.1 Å². The van der Waals surface area contributed by atoms with Gasteiger partial charge in [-0.1, -0.05) is 18.6 Å². The fourth-order valence-corrected chi connectivity index (χ4v) is 3.61. The number of piperidine rings is 1. The third kappa shape index (κ3) is 3.61. The Kier molecular flexibility index (Phi) is 5.07. The molecule has 9 heteroatoms. The minimum absolute atomic E-state index is 0.260. The predicted octanol–water partition coefficient (Wildman–Crippen LogP) is 2.79. The van der Waals surface area contributed by atoms with Gasteiger partial charge in [-0.15, -0.1) is 0 Å². The topological polar surface area (TPSA) is 106 Å². The number of nitrogens with one attached hydrogen (secondary N) is 1. The normalized spacial score (nSPS) is 15.6. The highest BCUT2D eigenvalue weighted by Gasteiger charge is 2.14. The molecule has 0 spiro atoms. The number of hydrogen-bond acceptors (Lipinski definition) is 6. The number of fused-ring (bicyclic) bond motifs is 1. The summed E-state index contributed by atoms with van der Waals surface area (Å²) in [4.78, 5) is 12.6. The maximum atomic E-state index is 10.7. The predicted molar refractivity (Wildman–Crippen MR) is 104 cm³/mol. The number of aromatic nitrogens is 2. The average Bonchev–Trinajstić information content (AvgIpc) is 3.29. The van der Waals surface area contributed by atoms with E-state index < -0.39 is 4.92 Å². The highest BCUT2D eigenvalue weighted by molar-refractivity contribution is 5.79. The van der Waals surface area contributed by atoms with Crippen LogP contribution in [0.5, 0.6) is 0 Å². The Hall–Kier alpha value is -3.20. The third-order valence-corrected chi connectivity index (χ3v) is 5.04. The molecule has 0 amide bonds. The number of benzene rings is 1.